The van der Waals surface area contributed by atoms with Gasteiger partial charge in [0, 0.05) is 5.02 Å². The van der Waals surface area contributed by atoms with Gasteiger partial charge in [0.05, 0.1) is 26.7 Å². The van der Waals surface area contributed by atoms with Gasteiger partial charge < -0.3 is 0 Å². The number of carbonyl (C=O) groups is 2. The van der Waals surface area contributed by atoms with Crippen LogP contribution in [0.25, 0.3) is 0 Å². The lowest BCUT2D eigenvalue weighted by Crippen LogP contribution is -2.56. The van der Waals surface area contributed by atoms with Crippen LogP contribution < -0.4 is 5.43 Å². The molecule has 0 saturated carbocycles. The van der Waals surface area contributed by atoms with Crippen molar-refractivity contribution in [2.45, 2.75) is 26.3 Å². The molecule has 0 aliphatic carbocycles. The van der Waals surface area contributed by atoms with Gasteiger partial charge >= 0.3 is 0 Å². The van der Waals surface area contributed by atoms with Crippen LogP contribution in [0.2, 0.25) is 15.1 Å². The Hall–Kier alpha value is -1.82. The summed E-state index contributed by atoms with van der Waals surface area (Å²) in [4.78, 5) is 25.5. The van der Waals surface area contributed by atoms with E-state index in [1.165, 1.54) is 30.3 Å². The molecule has 0 fully saturated rings. The maximum atomic E-state index is 14.0. The molecule has 1 N–H and O–H groups in total. The molecule has 0 heterocycles. The average molecular weight is 418 g/mol. The van der Waals surface area contributed by atoms with Crippen LogP contribution in [0.5, 0.6) is 0 Å². The highest BCUT2D eigenvalue weighted by Crippen LogP contribution is 2.25. The summed E-state index contributed by atoms with van der Waals surface area (Å²) in [7, 11) is 0. The fourth-order valence-electron chi connectivity index (χ4n) is 2.18. The molecule has 0 bridgehead atoms. The minimum Gasteiger partial charge on any atom is -0.267 e. The van der Waals surface area contributed by atoms with E-state index in [0.717, 1.165) is 11.1 Å². The van der Waals surface area contributed by atoms with Crippen LogP contribution >= 0.6 is 34.8 Å². The number of amides is 2. The van der Waals surface area contributed by atoms with Crippen molar-refractivity contribution in [2.24, 2.45) is 0 Å². The van der Waals surface area contributed by atoms with Crippen LogP contribution in [-0.4, -0.2) is 22.4 Å². The van der Waals surface area contributed by atoms with E-state index in [9.17, 15) is 14.0 Å². The quantitative estimate of drug-likeness (QED) is 0.668. The Morgan fingerprint density at radius 1 is 1.04 bits per heavy atom. The Balaban J connectivity index is 2.40. The summed E-state index contributed by atoms with van der Waals surface area (Å²) in [6, 6.07) is 8.27. The fraction of sp³-hybridized carbons (Fsp3) is 0.222. The monoisotopic (exact) mass is 416 g/mol. The number of hydrogen-bond acceptors (Lipinski definition) is 2. The molecule has 0 aliphatic rings. The number of hydrazine groups is 1. The smallest absolute Gasteiger partial charge is 0.267 e. The van der Waals surface area contributed by atoms with E-state index in [-0.39, 0.29) is 21.2 Å². The first-order valence-corrected chi connectivity index (χ1v) is 8.70. The Labute approximate surface area is 165 Å². The van der Waals surface area contributed by atoms with E-state index in [1.807, 2.05) is 0 Å². The summed E-state index contributed by atoms with van der Waals surface area (Å²) in [5, 5.41) is 1.52. The minimum atomic E-state index is -0.846. The van der Waals surface area contributed by atoms with E-state index in [1.54, 1.807) is 20.8 Å². The van der Waals surface area contributed by atoms with Crippen LogP contribution in [0.4, 0.5) is 4.39 Å². The topological polar surface area (TPSA) is 49.4 Å². The largest absolute Gasteiger partial charge is 0.274 e. The first kappa shape index (κ1) is 20.5. The second-order valence-corrected chi connectivity index (χ2v) is 7.72. The summed E-state index contributed by atoms with van der Waals surface area (Å²) in [5.74, 6) is -2.21. The van der Waals surface area contributed by atoms with Crippen LogP contribution in [0.3, 0.4) is 0 Å². The second-order valence-electron chi connectivity index (χ2n) is 6.47. The lowest BCUT2D eigenvalue weighted by molar-refractivity contribution is 0.0357. The summed E-state index contributed by atoms with van der Waals surface area (Å²) >= 11 is 17.9. The number of halogens is 4. The van der Waals surface area contributed by atoms with E-state index in [0.29, 0.717) is 5.02 Å². The average Bonchev–Trinajstić information content (AvgIpc) is 2.50. The van der Waals surface area contributed by atoms with Gasteiger partial charge in [-0.25, -0.2) is 9.40 Å². The number of benzene rings is 2. The van der Waals surface area contributed by atoms with E-state index < -0.39 is 23.2 Å². The first-order chi connectivity index (χ1) is 12.0. The van der Waals surface area contributed by atoms with E-state index in [2.05, 4.69) is 5.43 Å². The molecule has 0 unspecified atom stereocenters. The Bertz CT molecular complexity index is 846. The number of nitrogens with zero attached hydrogens (tertiary/aromatic N) is 1. The molecule has 8 heteroatoms. The normalized spacial score (nSPS) is 11.2. The van der Waals surface area contributed by atoms with Crippen LogP contribution in [-0.2, 0) is 0 Å². The van der Waals surface area contributed by atoms with Gasteiger partial charge in [0.25, 0.3) is 11.8 Å². The van der Waals surface area contributed by atoms with Crippen LogP contribution in [0.15, 0.2) is 36.4 Å². The summed E-state index contributed by atoms with van der Waals surface area (Å²) in [6.45, 7) is 5.12. The number of hydrogen-bond donors (Lipinski definition) is 1. The van der Waals surface area contributed by atoms with E-state index in [4.69, 9.17) is 34.8 Å². The van der Waals surface area contributed by atoms with Crippen LogP contribution in [0, 0.1) is 5.82 Å². The highest BCUT2D eigenvalue weighted by Gasteiger charge is 2.31. The van der Waals surface area contributed by atoms with Crippen molar-refractivity contribution in [3.8, 4) is 0 Å². The SMILES string of the molecule is CC(C)(C)N(NC(=O)c1c(F)cccc1Cl)C(=O)c1ccc(Cl)cc1Cl. The highest BCUT2D eigenvalue weighted by molar-refractivity contribution is 6.37. The standard InChI is InChI=1S/C18H16Cl3FN2O2/c1-18(2,3)24(17(26)11-8-7-10(19)9-13(11)21)23-16(25)15-12(20)5-4-6-14(15)22/h4-9H,1-3H3,(H,23,25). The maximum Gasteiger partial charge on any atom is 0.274 e. The lowest BCUT2D eigenvalue weighted by Gasteiger charge is -2.35. The summed E-state index contributed by atoms with van der Waals surface area (Å²) < 4.78 is 14.0. The third-order valence-corrected chi connectivity index (χ3v) is 4.30. The van der Waals surface area contributed by atoms with Crippen molar-refractivity contribution < 1.29 is 14.0 Å². The van der Waals surface area contributed by atoms with Crippen LogP contribution in [0.1, 0.15) is 41.5 Å². The van der Waals surface area contributed by atoms with Crippen molar-refractivity contribution >= 4 is 46.6 Å². The summed E-state index contributed by atoms with van der Waals surface area (Å²) in [5.41, 5.74) is 1.39. The number of nitrogens with one attached hydrogen (secondary N) is 1. The molecule has 26 heavy (non-hydrogen) atoms. The Morgan fingerprint density at radius 3 is 2.23 bits per heavy atom. The van der Waals surface area contributed by atoms with Crippen molar-refractivity contribution in [3.63, 3.8) is 0 Å². The van der Waals surface area contributed by atoms with Gasteiger partial charge in [-0.05, 0) is 51.1 Å². The molecule has 0 saturated heterocycles. The molecule has 2 aromatic carbocycles. The predicted molar refractivity (Wildman–Crippen MR) is 101 cm³/mol. The molecular formula is C18H16Cl3FN2O2. The first-order valence-electron chi connectivity index (χ1n) is 7.57. The highest BCUT2D eigenvalue weighted by atomic mass is 35.5. The fourth-order valence-corrected chi connectivity index (χ4v) is 2.92. The minimum absolute atomic E-state index is 0.0617. The molecule has 0 spiro atoms. The molecular weight excluding hydrogens is 402 g/mol. The Kier molecular flexibility index (Phi) is 6.17. The van der Waals surface area contributed by atoms with Gasteiger partial charge in [-0.15, -0.1) is 0 Å². The summed E-state index contributed by atoms with van der Waals surface area (Å²) in [6.07, 6.45) is 0. The predicted octanol–water partition coefficient (Wildman–Crippen LogP) is 5.37. The molecule has 2 aromatic rings. The zero-order valence-electron chi connectivity index (χ0n) is 14.2. The van der Waals surface area contributed by atoms with Gasteiger partial charge in [0.15, 0.2) is 0 Å². The Morgan fingerprint density at radius 2 is 1.69 bits per heavy atom. The number of carbonyl (C=O) groups excluding carboxylic acids is 2. The molecule has 0 radical (unpaired) electrons. The van der Waals surface area contributed by atoms with Crippen molar-refractivity contribution in [1.82, 2.24) is 10.4 Å². The van der Waals surface area contributed by atoms with E-state index >= 15 is 0 Å². The number of rotatable bonds is 2. The van der Waals surface area contributed by atoms with Crippen molar-refractivity contribution in [3.05, 3.63) is 68.4 Å². The third kappa shape index (κ3) is 4.47. The molecule has 2 amide bonds. The van der Waals surface area contributed by atoms with Gasteiger partial charge in [-0.1, -0.05) is 40.9 Å². The zero-order valence-corrected chi connectivity index (χ0v) is 16.5. The molecule has 138 valence electrons. The molecule has 4 nitrogen and oxygen atoms in total. The maximum absolute atomic E-state index is 14.0. The van der Waals surface area contributed by atoms with Crippen molar-refractivity contribution in [2.75, 3.05) is 0 Å². The lowest BCUT2D eigenvalue weighted by atomic mass is 10.1. The molecule has 2 rings (SSSR count). The third-order valence-electron chi connectivity index (χ3n) is 3.44. The van der Waals surface area contributed by atoms with Crippen molar-refractivity contribution in [1.29, 1.82) is 0 Å². The zero-order chi connectivity index (χ0) is 19.6. The molecule has 0 atom stereocenters. The van der Waals surface area contributed by atoms with Gasteiger partial charge in [-0.3, -0.25) is 15.0 Å². The van der Waals surface area contributed by atoms with Gasteiger partial charge in [0.1, 0.15) is 5.82 Å². The van der Waals surface area contributed by atoms with Gasteiger partial charge in [-0.2, -0.15) is 0 Å². The molecule has 0 aromatic heterocycles. The molecule has 0 aliphatic heterocycles. The van der Waals surface area contributed by atoms with Gasteiger partial charge in [0.2, 0.25) is 0 Å². The second kappa shape index (κ2) is 7.82.